The molecule has 0 aliphatic carbocycles. The first-order valence-corrected chi connectivity index (χ1v) is 9.27. The molecular weight excluding hydrogens is 421 g/mol. The Bertz CT molecular complexity index is 1120. The molecule has 3 amide bonds. The Hall–Kier alpha value is -3.45. The van der Waals surface area contributed by atoms with E-state index in [1.54, 1.807) is 11.4 Å². The lowest BCUT2D eigenvalue weighted by atomic mass is 10.1. The number of carbonyl (C=O) groups is 2. The highest BCUT2D eigenvalue weighted by Gasteiger charge is 2.48. The van der Waals surface area contributed by atoms with Gasteiger partial charge in [0.15, 0.2) is 11.2 Å². The Morgan fingerprint density at radius 1 is 1.32 bits per heavy atom. The number of nitrogens with zero attached hydrogens (tertiary/aromatic N) is 5. The van der Waals surface area contributed by atoms with E-state index in [4.69, 9.17) is 0 Å². The van der Waals surface area contributed by atoms with Crippen LogP contribution in [0.2, 0.25) is 0 Å². The Kier molecular flexibility index (Phi) is 4.94. The van der Waals surface area contributed by atoms with Gasteiger partial charge in [-0.2, -0.15) is 22.9 Å². The molecular formula is C18H17F3N6O4. The summed E-state index contributed by atoms with van der Waals surface area (Å²) in [5, 5.41) is 24.6. The van der Waals surface area contributed by atoms with E-state index in [1.165, 1.54) is 24.4 Å². The molecule has 4 heterocycles. The Labute approximate surface area is 173 Å². The second-order valence-corrected chi connectivity index (χ2v) is 7.24. The van der Waals surface area contributed by atoms with Crippen LogP contribution < -0.4 is 20.4 Å². The summed E-state index contributed by atoms with van der Waals surface area (Å²) >= 11 is 0. The molecule has 31 heavy (non-hydrogen) atoms. The molecule has 2 atom stereocenters. The summed E-state index contributed by atoms with van der Waals surface area (Å²) in [6, 6.07) is 5.53. The lowest BCUT2D eigenvalue weighted by molar-refractivity contribution is -0.123. The Balaban J connectivity index is 1.73. The SMILES string of the molecule is O=C(NCC(F)(F)F)c1ccc2c(n1)N(C(=O)N=c1ccccn1O)C1CC[N+]2([O-])C1. The number of hydroxylamine groups is 2. The van der Waals surface area contributed by atoms with E-state index in [9.17, 15) is 33.2 Å². The maximum Gasteiger partial charge on any atom is 0.405 e. The van der Waals surface area contributed by atoms with Crippen LogP contribution in [0, 0.1) is 5.21 Å². The van der Waals surface area contributed by atoms with E-state index in [-0.39, 0.29) is 35.8 Å². The van der Waals surface area contributed by atoms with Crippen LogP contribution >= 0.6 is 0 Å². The molecule has 2 aliphatic heterocycles. The van der Waals surface area contributed by atoms with Crippen molar-refractivity contribution in [1.29, 1.82) is 0 Å². The number of aromatic nitrogens is 2. The zero-order chi connectivity index (χ0) is 22.4. The molecule has 2 aromatic rings. The zero-order valence-corrected chi connectivity index (χ0v) is 15.9. The maximum absolute atomic E-state index is 13.1. The summed E-state index contributed by atoms with van der Waals surface area (Å²) in [6.45, 7) is -1.31. The molecule has 10 nitrogen and oxygen atoms in total. The fourth-order valence-corrected chi connectivity index (χ4v) is 3.73. The van der Waals surface area contributed by atoms with Crippen LogP contribution in [0.25, 0.3) is 0 Å². The molecule has 2 bridgehead atoms. The van der Waals surface area contributed by atoms with Crippen molar-refractivity contribution in [3.63, 3.8) is 0 Å². The van der Waals surface area contributed by atoms with Crippen molar-refractivity contribution >= 4 is 23.4 Å². The molecule has 0 saturated carbocycles. The minimum atomic E-state index is -4.60. The van der Waals surface area contributed by atoms with Gasteiger partial charge in [-0.05, 0) is 18.2 Å². The molecule has 0 aromatic carbocycles. The van der Waals surface area contributed by atoms with E-state index in [2.05, 4.69) is 9.98 Å². The van der Waals surface area contributed by atoms with Crippen molar-refractivity contribution < 1.29 is 28.0 Å². The van der Waals surface area contributed by atoms with Crippen molar-refractivity contribution in [2.45, 2.75) is 18.6 Å². The summed E-state index contributed by atoms with van der Waals surface area (Å²) < 4.78 is 37.1. The van der Waals surface area contributed by atoms with Crippen LogP contribution in [0.1, 0.15) is 16.9 Å². The predicted octanol–water partition coefficient (Wildman–Crippen LogP) is 1.53. The zero-order valence-electron chi connectivity index (χ0n) is 15.9. The van der Waals surface area contributed by atoms with Gasteiger partial charge in [-0.25, -0.2) is 9.78 Å². The highest BCUT2D eigenvalue weighted by atomic mass is 19.4. The summed E-state index contributed by atoms with van der Waals surface area (Å²) in [6.07, 6.45) is -2.98. The van der Waals surface area contributed by atoms with Gasteiger partial charge in [0, 0.05) is 18.7 Å². The minimum Gasteiger partial charge on any atom is -0.627 e. The van der Waals surface area contributed by atoms with E-state index in [1.807, 2.05) is 0 Å². The lowest BCUT2D eigenvalue weighted by Gasteiger charge is -2.43. The van der Waals surface area contributed by atoms with Gasteiger partial charge in [-0.3, -0.25) is 9.69 Å². The molecule has 2 N–H and O–H groups in total. The highest BCUT2D eigenvalue weighted by Crippen LogP contribution is 2.43. The molecule has 2 aromatic heterocycles. The van der Waals surface area contributed by atoms with Crippen LogP contribution in [-0.2, 0) is 0 Å². The molecule has 2 aliphatic rings. The normalized spacial score (nSPS) is 22.9. The van der Waals surface area contributed by atoms with Crippen LogP contribution in [-0.4, -0.2) is 58.7 Å². The Morgan fingerprint density at radius 3 is 2.81 bits per heavy atom. The number of pyridine rings is 2. The third kappa shape index (κ3) is 3.96. The van der Waals surface area contributed by atoms with Crippen molar-refractivity contribution in [1.82, 2.24) is 19.7 Å². The number of carbonyl (C=O) groups excluding carboxylic acids is 2. The maximum atomic E-state index is 13.1. The first kappa shape index (κ1) is 20.8. The topological polar surface area (TPSA) is 123 Å². The molecule has 2 unspecified atom stereocenters. The monoisotopic (exact) mass is 438 g/mol. The first-order chi connectivity index (χ1) is 14.6. The van der Waals surface area contributed by atoms with E-state index in [0.29, 0.717) is 11.2 Å². The number of amides is 3. The van der Waals surface area contributed by atoms with E-state index < -0.39 is 35.3 Å². The number of alkyl halides is 3. The number of rotatable bonds is 2. The number of nitrogens with one attached hydrogen (secondary N) is 1. The van der Waals surface area contributed by atoms with Crippen molar-refractivity contribution in [2.24, 2.45) is 4.99 Å². The standard InChI is InChI=1S/C18H17F3N6O4/c19-18(20,21)10-22-16(28)12-4-5-13-15(23-12)26(11-6-8-27(13,31)9-11)17(29)24-14-3-1-2-7-25(14)30/h1-5,7,11,30H,6,8-10H2,(H,22,28). The highest BCUT2D eigenvalue weighted by molar-refractivity contribution is 5.99. The van der Waals surface area contributed by atoms with E-state index in [0.717, 1.165) is 11.0 Å². The van der Waals surface area contributed by atoms with Crippen LogP contribution in [0.15, 0.2) is 41.5 Å². The molecule has 1 fully saturated rings. The number of urea groups is 1. The van der Waals surface area contributed by atoms with Crippen molar-refractivity contribution in [3.8, 4) is 0 Å². The van der Waals surface area contributed by atoms with Gasteiger partial charge in [0.2, 0.25) is 5.82 Å². The second-order valence-electron chi connectivity index (χ2n) is 7.24. The van der Waals surface area contributed by atoms with Crippen LogP contribution in [0.5, 0.6) is 0 Å². The molecule has 0 spiro atoms. The summed E-state index contributed by atoms with van der Waals surface area (Å²) in [5.74, 6) is -1.22. The largest absolute Gasteiger partial charge is 0.627 e. The first-order valence-electron chi connectivity index (χ1n) is 9.27. The molecule has 1 saturated heterocycles. The van der Waals surface area contributed by atoms with Gasteiger partial charge in [-0.1, -0.05) is 6.07 Å². The Morgan fingerprint density at radius 2 is 2.10 bits per heavy atom. The fourth-order valence-electron chi connectivity index (χ4n) is 3.73. The van der Waals surface area contributed by atoms with Gasteiger partial charge in [0.25, 0.3) is 5.91 Å². The third-order valence-electron chi connectivity index (χ3n) is 5.13. The minimum absolute atomic E-state index is 0.0590. The lowest BCUT2D eigenvalue weighted by Crippen LogP contribution is -2.52. The van der Waals surface area contributed by atoms with Crippen LogP contribution in [0.3, 0.4) is 0 Å². The third-order valence-corrected chi connectivity index (χ3v) is 5.13. The average molecular weight is 438 g/mol. The average Bonchev–Trinajstić information content (AvgIpc) is 3.05. The summed E-state index contributed by atoms with van der Waals surface area (Å²) in [5.41, 5.74) is -0.319. The van der Waals surface area contributed by atoms with Gasteiger partial charge in [-0.15, -0.1) is 0 Å². The summed E-state index contributed by atoms with van der Waals surface area (Å²) in [4.78, 5) is 34.1. The number of anilines is 1. The van der Waals surface area contributed by atoms with Crippen LogP contribution in [0.4, 0.5) is 29.5 Å². The van der Waals surface area contributed by atoms with Crippen molar-refractivity contribution in [3.05, 3.63) is 52.9 Å². The van der Waals surface area contributed by atoms with Gasteiger partial charge >= 0.3 is 12.2 Å². The predicted molar refractivity (Wildman–Crippen MR) is 101 cm³/mol. The number of fused-ring (bicyclic) bond motifs is 4. The van der Waals surface area contributed by atoms with Gasteiger partial charge in [0.1, 0.15) is 18.8 Å². The quantitative estimate of drug-likeness (QED) is 0.418. The fraction of sp³-hybridized carbons (Fsp3) is 0.333. The molecule has 4 rings (SSSR count). The summed E-state index contributed by atoms with van der Waals surface area (Å²) in [7, 11) is 0. The number of hydrogen-bond donors (Lipinski definition) is 2. The smallest absolute Gasteiger partial charge is 0.405 e. The van der Waals surface area contributed by atoms with E-state index >= 15 is 0 Å². The molecule has 164 valence electrons. The number of quaternary nitrogens is 1. The van der Waals surface area contributed by atoms with Crippen molar-refractivity contribution in [2.75, 3.05) is 24.5 Å². The van der Waals surface area contributed by atoms with Gasteiger partial charge < -0.3 is 20.4 Å². The number of halogens is 3. The number of hydrogen-bond acceptors (Lipinski definition) is 5. The van der Waals surface area contributed by atoms with Gasteiger partial charge in [0.05, 0.1) is 12.6 Å². The molecule has 13 heteroatoms. The molecule has 0 radical (unpaired) electrons. The second kappa shape index (κ2) is 7.35.